The first kappa shape index (κ1) is 15.6. The van der Waals surface area contributed by atoms with Crippen molar-refractivity contribution in [3.63, 3.8) is 0 Å². The highest BCUT2D eigenvalue weighted by Crippen LogP contribution is 2.46. The molecule has 0 atom stereocenters. The predicted octanol–water partition coefficient (Wildman–Crippen LogP) is 2.89. The van der Waals surface area contributed by atoms with Crippen LogP contribution >= 0.6 is 0 Å². The van der Waals surface area contributed by atoms with Crippen LogP contribution in [-0.2, 0) is 15.5 Å². The Hall–Kier alpha value is -1.77. The maximum Gasteiger partial charge on any atom is 0.264 e. The second-order valence-corrected chi connectivity index (χ2v) is 7.16. The molecule has 5 heteroatoms. The highest BCUT2D eigenvalue weighted by atomic mass is 32.2. The molecular formula is C16H19NO3S. The molecule has 2 rings (SSSR count). The Morgan fingerprint density at radius 3 is 2.62 bits per heavy atom. The van der Waals surface area contributed by atoms with Gasteiger partial charge in [0.25, 0.3) is 10.1 Å². The summed E-state index contributed by atoms with van der Waals surface area (Å²) in [5.41, 5.74) is 8.61. The van der Waals surface area contributed by atoms with Crippen LogP contribution < -0.4 is 4.90 Å². The molecule has 1 N–H and O–H groups in total. The van der Waals surface area contributed by atoms with Gasteiger partial charge >= 0.3 is 0 Å². The third-order valence-corrected chi connectivity index (χ3v) is 4.53. The van der Waals surface area contributed by atoms with Crippen LogP contribution in [0.2, 0.25) is 0 Å². The lowest BCUT2D eigenvalue weighted by Gasteiger charge is -2.24. The summed E-state index contributed by atoms with van der Waals surface area (Å²) >= 11 is 0. The fraction of sp³-hybridized carbons (Fsp3) is 0.375. The van der Waals surface area contributed by atoms with Gasteiger partial charge in [-0.25, -0.2) is 0 Å². The van der Waals surface area contributed by atoms with E-state index in [0.717, 1.165) is 16.9 Å². The molecule has 0 fully saturated rings. The number of anilines is 1. The van der Waals surface area contributed by atoms with E-state index in [0.29, 0.717) is 13.0 Å². The van der Waals surface area contributed by atoms with Gasteiger partial charge < -0.3 is 4.90 Å². The summed E-state index contributed by atoms with van der Waals surface area (Å²) in [4.78, 5) is 2.03. The average molecular weight is 305 g/mol. The van der Waals surface area contributed by atoms with E-state index in [2.05, 4.69) is 38.0 Å². The Morgan fingerprint density at radius 1 is 1.33 bits per heavy atom. The average Bonchev–Trinajstić information content (AvgIpc) is 2.60. The largest absolute Gasteiger partial charge is 0.337 e. The van der Waals surface area contributed by atoms with Crippen LogP contribution in [0.3, 0.4) is 0 Å². The molecule has 0 aromatic heterocycles. The van der Waals surface area contributed by atoms with Gasteiger partial charge in [0.2, 0.25) is 0 Å². The normalized spacial score (nSPS) is 16.3. The molecule has 1 heterocycles. The van der Waals surface area contributed by atoms with Crippen LogP contribution in [0, 0.1) is 0 Å². The predicted molar refractivity (Wildman–Crippen MR) is 84.0 cm³/mol. The van der Waals surface area contributed by atoms with Crippen molar-refractivity contribution in [3.05, 3.63) is 53.6 Å². The topological polar surface area (TPSA) is 57.6 Å². The Bertz CT molecular complexity index is 737. The van der Waals surface area contributed by atoms with E-state index in [-0.39, 0.29) is 11.2 Å². The highest BCUT2D eigenvalue weighted by molar-refractivity contribution is 7.85. The van der Waals surface area contributed by atoms with Gasteiger partial charge in [-0.05, 0) is 44.2 Å². The zero-order chi connectivity index (χ0) is 15.7. The van der Waals surface area contributed by atoms with Crippen LogP contribution in [0.5, 0.6) is 0 Å². The van der Waals surface area contributed by atoms with Gasteiger partial charge in [-0.3, -0.25) is 4.55 Å². The molecule has 1 aromatic carbocycles. The summed E-state index contributed by atoms with van der Waals surface area (Å²) in [5, 5.41) is 0. The van der Waals surface area contributed by atoms with Gasteiger partial charge in [0.15, 0.2) is 0 Å². The number of fused-ring (bicyclic) bond motifs is 1. The van der Waals surface area contributed by atoms with Crippen LogP contribution in [0.15, 0.2) is 48.0 Å². The van der Waals surface area contributed by atoms with Crippen molar-refractivity contribution in [3.8, 4) is 0 Å². The molecule has 1 aliphatic heterocycles. The Kier molecular flexibility index (Phi) is 4.13. The van der Waals surface area contributed by atoms with Crippen molar-refractivity contribution < 1.29 is 13.0 Å². The van der Waals surface area contributed by atoms with E-state index >= 15 is 0 Å². The van der Waals surface area contributed by atoms with Crippen molar-refractivity contribution in [2.24, 2.45) is 0 Å². The molecule has 0 spiro atoms. The highest BCUT2D eigenvalue weighted by Gasteiger charge is 2.39. The third kappa shape index (κ3) is 3.12. The number of rotatable bonds is 4. The molecule has 112 valence electrons. The summed E-state index contributed by atoms with van der Waals surface area (Å²) in [7, 11) is -3.94. The summed E-state index contributed by atoms with van der Waals surface area (Å²) in [6.07, 6.45) is 0.339. The monoisotopic (exact) mass is 305 g/mol. The third-order valence-electron chi connectivity index (χ3n) is 3.72. The second-order valence-electron chi connectivity index (χ2n) is 5.58. The fourth-order valence-corrected chi connectivity index (χ4v) is 3.26. The Morgan fingerprint density at radius 2 is 2.00 bits per heavy atom. The molecule has 1 aliphatic rings. The number of benzene rings is 1. The molecule has 0 amide bonds. The Labute approximate surface area is 125 Å². The van der Waals surface area contributed by atoms with Gasteiger partial charge in [-0.15, -0.1) is 0 Å². The molecular weight excluding hydrogens is 286 g/mol. The first-order valence-electron chi connectivity index (χ1n) is 6.75. The van der Waals surface area contributed by atoms with Crippen molar-refractivity contribution >= 4 is 15.8 Å². The van der Waals surface area contributed by atoms with Crippen molar-refractivity contribution in [2.45, 2.75) is 25.7 Å². The van der Waals surface area contributed by atoms with Crippen LogP contribution in [0.4, 0.5) is 5.69 Å². The van der Waals surface area contributed by atoms with Gasteiger partial charge in [-0.1, -0.05) is 23.9 Å². The lowest BCUT2D eigenvalue weighted by Crippen LogP contribution is -2.27. The van der Waals surface area contributed by atoms with E-state index < -0.39 is 10.1 Å². The molecule has 1 aromatic rings. The first-order chi connectivity index (χ1) is 9.77. The Balaban J connectivity index is 2.39. The lowest BCUT2D eigenvalue weighted by atomic mass is 9.84. The van der Waals surface area contributed by atoms with E-state index in [1.54, 1.807) is 0 Å². The quantitative estimate of drug-likeness (QED) is 0.686. The standard InChI is InChI=1S/C16H19NO3S/c1-4-8-15-16(2,3)13-9-5-6-10-14(13)17(15)11-7-12-21(18,19)20/h5-6,9-10H,1,7,11-12H2,2-3H3,(H,18,19,20). The van der Waals surface area contributed by atoms with Gasteiger partial charge in [0.05, 0.1) is 11.4 Å². The number of hydrogen-bond acceptors (Lipinski definition) is 3. The van der Waals surface area contributed by atoms with E-state index in [9.17, 15) is 8.42 Å². The molecule has 0 bridgehead atoms. The van der Waals surface area contributed by atoms with E-state index in [1.165, 1.54) is 0 Å². The maximum absolute atomic E-state index is 10.9. The van der Waals surface area contributed by atoms with Gasteiger partial charge in [0.1, 0.15) is 0 Å². The van der Waals surface area contributed by atoms with Crippen molar-refractivity contribution in [1.29, 1.82) is 0 Å². The maximum atomic E-state index is 10.9. The number of hydrogen-bond donors (Lipinski definition) is 1. The smallest absolute Gasteiger partial charge is 0.264 e. The summed E-state index contributed by atoms with van der Waals surface area (Å²) < 4.78 is 30.6. The summed E-state index contributed by atoms with van der Waals surface area (Å²) in [5.74, 6) is -0.253. The fourth-order valence-electron chi connectivity index (χ4n) is 2.77. The summed E-state index contributed by atoms with van der Waals surface area (Å²) in [6.45, 7) is 8.26. The van der Waals surface area contributed by atoms with Crippen molar-refractivity contribution in [2.75, 3.05) is 17.2 Å². The molecule has 4 nitrogen and oxygen atoms in total. The van der Waals surface area contributed by atoms with Gasteiger partial charge in [0, 0.05) is 17.6 Å². The molecule has 21 heavy (non-hydrogen) atoms. The lowest BCUT2D eigenvalue weighted by molar-refractivity contribution is 0.481. The van der Waals surface area contributed by atoms with Crippen molar-refractivity contribution in [1.82, 2.24) is 0 Å². The van der Waals surface area contributed by atoms with Crippen LogP contribution in [0.25, 0.3) is 0 Å². The molecule has 0 radical (unpaired) electrons. The van der Waals surface area contributed by atoms with E-state index in [4.69, 9.17) is 4.55 Å². The zero-order valence-electron chi connectivity index (χ0n) is 12.3. The number of para-hydroxylation sites is 1. The minimum absolute atomic E-state index is 0.237. The van der Waals surface area contributed by atoms with Crippen LogP contribution in [-0.4, -0.2) is 25.3 Å². The summed E-state index contributed by atoms with van der Waals surface area (Å²) in [6, 6.07) is 7.99. The number of allylic oxidation sites excluding steroid dienone is 1. The molecule has 0 aliphatic carbocycles. The second kappa shape index (κ2) is 5.55. The van der Waals surface area contributed by atoms with Crippen LogP contribution in [0.1, 0.15) is 25.8 Å². The zero-order valence-corrected chi connectivity index (χ0v) is 13.1. The minimum atomic E-state index is -3.94. The number of nitrogens with zero attached hydrogens (tertiary/aromatic N) is 1. The molecule has 0 saturated heterocycles. The minimum Gasteiger partial charge on any atom is -0.337 e. The van der Waals surface area contributed by atoms with Gasteiger partial charge in [-0.2, -0.15) is 8.42 Å². The molecule has 0 unspecified atom stereocenters. The SMILES string of the molecule is C=C=C=C1N(CCCS(=O)(=O)O)c2ccccc2C1(C)C. The molecule has 0 saturated carbocycles. The van der Waals surface area contributed by atoms with E-state index in [1.807, 2.05) is 23.1 Å². The first-order valence-corrected chi connectivity index (χ1v) is 8.36.